The number of morpholine rings is 1. The van der Waals surface area contributed by atoms with E-state index < -0.39 is 22.1 Å². The van der Waals surface area contributed by atoms with Gasteiger partial charge in [0.25, 0.3) is 0 Å². The third kappa shape index (κ3) is 6.10. The second-order valence-electron chi connectivity index (χ2n) is 7.88. The molecule has 7 nitrogen and oxygen atoms in total. The number of esters is 1. The zero-order valence-electron chi connectivity index (χ0n) is 18.9. The first kappa shape index (κ1) is 24.5. The van der Waals surface area contributed by atoms with E-state index >= 15 is 0 Å². The van der Waals surface area contributed by atoms with Gasteiger partial charge >= 0.3 is 5.97 Å². The molecule has 3 aromatic carbocycles. The minimum atomic E-state index is -3.59. The van der Waals surface area contributed by atoms with Gasteiger partial charge in [0.15, 0.2) is 6.10 Å². The lowest BCUT2D eigenvalue weighted by Crippen LogP contribution is -2.40. The Morgan fingerprint density at radius 3 is 2.09 bits per heavy atom. The summed E-state index contributed by atoms with van der Waals surface area (Å²) < 4.78 is 37.7. The predicted molar refractivity (Wildman–Crippen MR) is 131 cm³/mol. The average molecular weight is 492 g/mol. The van der Waals surface area contributed by atoms with E-state index in [9.17, 15) is 18.0 Å². The SMILES string of the molecule is O=C(/C=C/c1ccc(S(=O)(=O)N2CCOCC2)cc1)OC(C(=O)c1ccccc1)c1ccccc1. The third-order valence-electron chi connectivity index (χ3n) is 5.53. The Labute approximate surface area is 204 Å². The summed E-state index contributed by atoms with van der Waals surface area (Å²) in [6.07, 6.45) is 1.65. The van der Waals surface area contributed by atoms with Crippen LogP contribution in [0.5, 0.6) is 0 Å². The van der Waals surface area contributed by atoms with Crippen LogP contribution in [0.1, 0.15) is 27.6 Å². The van der Waals surface area contributed by atoms with Crippen molar-refractivity contribution >= 4 is 27.9 Å². The van der Waals surface area contributed by atoms with Gasteiger partial charge in [-0.2, -0.15) is 4.31 Å². The fourth-order valence-electron chi connectivity index (χ4n) is 3.66. The van der Waals surface area contributed by atoms with Crippen molar-refractivity contribution in [1.82, 2.24) is 4.31 Å². The van der Waals surface area contributed by atoms with E-state index in [1.807, 2.05) is 6.07 Å². The van der Waals surface area contributed by atoms with Crippen molar-refractivity contribution in [3.05, 3.63) is 108 Å². The number of ketones is 1. The number of hydrogen-bond donors (Lipinski definition) is 0. The van der Waals surface area contributed by atoms with Crippen molar-refractivity contribution in [1.29, 1.82) is 0 Å². The molecule has 1 unspecified atom stereocenters. The first-order valence-electron chi connectivity index (χ1n) is 11.2. The van der Waals surface area contributed by atoms with Gasteiger partial charge in [0, 0.05) is 30.3 Å². The molecule has 0 saturated carbocycles. The van der Waals surface area contributed by atoms with E-state index in [0.717, 1.165) is 0 Å². The first-order valence-corrected chi connectivity index (χ1v) is 12.6. The second-order valence-corrected chi connectivity index (χ2v) is 9.81. The molecule has 0 bridgehead atoms. The van der Waals surface area contributed by atoms with Crippen LogP contribution in [0.2, 0.25) is 0 Å². The fourth-order valence-corrected chi connectivity index (χ4v) is 5.07. The van der Waals surface area contributed by atoms with Gasteiger partial charge in [-0.25, -0.2) is 13.2 Å². The summed E-state index contributed by atoms with van der Waals surface area (Å²) in [5, 5.41) is 0. The molecule has 8 heteroatoms. The molecule has 3 aromatic rings. The maximum Gasteiger partial charge on any atom is 0.331 e. The van der Waals surface area contributed by atoms with Gasteiger partial charge in [-0.1, -0.05) is 72.8 Å². The fraction of sp³-hybridized carbons (Fsp3) is 0.185. The summed E-state index contributed by atoms with van der Waals surface area (Å²) in [5.41, 5.74) is 1.63. The van der Waals surface area contributed by atoms with Crippen molar-refractivity contribution in [2.24, 2.45) is 0 Å². The lowest BCUT2D eigenvalue weighted by Gasteiger charge is -2.26. The number of hydrogen-bond acceptors (Lipinski definition) is 6. The molecular formula is C27H25NO6S. The molecule has 1 saturated heterocycles. The Morgan fingerprint density at radius 1 is 0.857 bits per heavy atom. The lowest BCUT2D eigenvalue weighted by molar-refractivity contribution is -0.141. The van der Waals surface area contributed by atoms with Crippen molar-refractivity contribution < 1.29 is 27.5 Å². The minimum Gasteiger partial charge on any atom is -0.446 e. The molecule has 0 amide bonds. The van der Waals surface area contributed by atoms with Gasteiger partial charge in [-0.05, 0) is 23.8 Å². The molecule has 4 rings (SSSR count). The normalized spacial score (nSPS) is 15.5. The summed E-state index contributed by atoms with van der Waals surface area (Å²) in [4.78, 5) is 25.8. The molecule has 1 heterocycles. The Balaban J connectivity index is 1.46. The maximum absolute atomic E-state index is 13.0. The summed E-state index contributed by atoms with van der Waals surface area (Å²) in [5.74, 6) is -1.01. The Hall–Kier alpha value is -3.59. The number of carbonyl (C=O) groups is 2. The molecule has 0 aliphatic carbocycles. The monoisotopic (exact) mass is 491 g/mol. The zero-order chi connectivity index (χ0) is 24.7. The highest BCUT2D eigenvalue weighted by Crippen LogP contribution is 2.23. The molecule has 1 aliphatic rings. The first-order chi connectivity index (χ1) is 16.9. The Bertz CT molecular complexity index is 1280. The van der Waals surface area contributed by atoms with Crippen LogP contribution < -0.4 is 0 Å². The highest BCUT2D eigenvalue weighted by atomic mass is 32.2. The molecule has 0 aromatic heterocycles. The number of carbonyl (C=O) groups excluding carboxylic acids is 2. The zero-order valence-corrected chi connectivity index (χ0v) is 19.8. The van der Waals surface area contributed by atoms with Crippen LogP contribution in [0.25, 0.3) is 6.08 Å². The Morgan fingerprint density at radius 2 is 1.46 bits per heavy atom. The molecule has 1 aliphatic heterocycles. The van der Waals surface area contributed by atoms with Crippen LogP contribution in [-0.2, 0) is 24.3 Å². The van der Waals surface area contributed by atoms with Crippen LogP contribution in [0.4, 0.5) is 0 Å². The van der Waals surface area contributed by atoms with Gasteiger partial charge in [0.05, 0.1) is 18.1 Å². The largest absolute Gasteiger partial charge is 0.446 e. The maximum atomic E-state index is 13.0. The number of benzene rings is 3. The van der Waals surface area contributed by atoms with Gasteiger partial charge in [-0.3, -0.25) is 4.79 Å². The van der Waals surface area contributed by atoms with Gasteiger partial charge in [-0.15, -0.1) is 0 Å². The van der Waals surface area contributed by atoms with Crippen molar-refractivity contribution in [3.63, 3.8) is 0 Å². The van der Waals surface area contributed by atoms with E-state index in [-0.39, 0.29) is 10.7 Å². The average Bonchev–Trinajstić information content (AvgIpc) is 2.92. The van der Waals surface area contributed by atoms with E-state index in [4.69, 9.17) is 9.47 Å². The number of rotatable bonds is 8. The summed E-state index contributed by atoms with van der Waals surface area (Å²) in [6, 6.07) is 23.7. The quantitative estimate of drug-likeness (QED) is 0.270. The summed E-state index contributed by atoms with van der Waals surface area (Å²) in [6.45, 7) is 1.39. The van der Waals surface area contributed by atoms with E-state index in [1.54, 1.807) is 66.7 Å². The van der Waals surface area contributed by atoms with E-state index in [2.05, 4.69) is 0 Å². The number of nitrogens with zero attached hydrogens (tertiary/aromatic N) is 1. The smallest absolute Gasteiger partial charge is 0.331 e. The summed E-state index contributed by atoms with van der Waals surface area (Å²) in [7, 11) is -3.59. The minimum absolute atomic E-state index is 0.178. The van der Waals surface area contributed by atoms with Gasteiger partial charge in [0.2, 0.25) is 15.8 Å². The van der Waals surface area contributed by atoms with E-state index in [0.29, 0.717) is 43.0 Å². The number of Topliss-reactive ketones (excluding diaryl/α,β-unsaturated/α-hetero) is 1. The van der Waals surface area contributed by atoms with Gasteiger partial charge in [0.1, 0.15) is 0 Å². The summed E-state index contributed by atoms with van der Waals surface area (Å²) >= 11 is 0. The molecular weight excluding hydrogens is 466 g/mol. The molecule has 180 valence electrons. The Kier molecular flexibility index (Phi) is 7.87. The van der Waals surface area contributed by atoms with Gasteiger partial charge < -0.3 is 9.47 Å². The van der Waals surface area contributed by atoms with Crippen molar-refractivity contribution in [2.75, 3.05) is 26.3 Å². The van der Waals surface area contributed by atoms with Crippen LogP contribution in [0.15, 0.2) is 95.9 Å². The lowest BCUT2D eigenvalue weighted by atomic mass is 10.00. The number of ether oxygens (including phenoxy) is 2. The molecule has 1 fully saturated rings. The predicted octanol–water partition coefficient (Wildman–Crippen LogP) is 3.89. The molecule has 0 spiro atoms. The molecule has 35 heavy (non-hydrogen) atoms. The van der Waals surface area contributed by atoms with Crippen LogP contribution >= 0.6 is 0 Å². The highest BCUT2D eigenvalue weighted by Gasteiger charge is 2.27. The molecule has 0 N–H and O–H groups in total. The topological polar surface area (TPSA) is 90.0 Å². The highest BCUT2D eigenvalue weighted by molar-refractivity contribution is 7.89. The number of sulfonamides is 1. The van der Waals surface area contributed by atoms with Crippen LogP contribution in [0, 0.1) is 0 Å². The van der Waals surface area contributed by atoms with Crippen molar-refractivity contribution in [3.8, 4) is 0 Å². The molecule has 1 atom stereocenters. The van der Waals surface area contributed by atoms with Crippen LogP contribution in [-0.4, -0.2) is 50.8 Å². The molecule has 0 radical (unpaired) electrons. The third-order valence-corrected chi connectivity index (χ3v) is 7.45. The standard InChI is InChI=1S/C27H25NO6S/c29-25(34-27(23-9-5-2-6-10-23)26(30)22-7-3-1-4-8-22)16-13-21-11-14-24(15-12-21)35(31,32)28-17-19-33-20-18-28/h1-16,27H,17-20H2/b16-13+. The van der Waals surface area contributed by atoms with E-state index in [1.165, 1.54) is 28.6 Å². The second kappa shape index (κ2) is 11.2. The van der Waals surface area contributed by atoms with Crippen LogP contribution in [0.3, 0.4) is 0 Å². The van der Waals surface area contributed by atoms with Crippen molar-refractivity contribution in [2.45, 2.75) is 11.0 Å².